The van der Waals surface area contributed by atoms with Crippen LogP contribution in [0.4, 0.5) is 0 Å². The number of hydrogen-bond acceptors (Lipinski definition) is 3. The van der Waals surface area contributed by atoms with Crippen LogP contribution in [0.25, 0.3) is 0 Å². The van der Waals surface area contributed by atoms with Crippen molar-refractivity contribution in [1.29, 1.82) is 5.41 Å². The van der Waals surface area contributed by atoms with E-state index in [-0.39, 0.29) is 11.3 Å². The van der Waals surface area contributed by atoms with Gasteiger partial charge in [0.15, 0.2) is 0 Å². The van der Waals surface area contributed by atoms with E-state index in [4.69, 9.17) is 10.1 Å². The van der Waals surface area contributed by atoms with Gasteiger partial charge in [0, 0.05) is 23.6 Å². The Morgan fingerprint density at radius 2 is 1.74 bits per heavy atom. The number of hydrogen-bond donors (Lipinski definition) is 1. The summed E-state index contributed by atoms with van der Waals surface area (Å²) in [5.41, 5.74) is 4.87. The number of nitrogens with one attached hydrogen (secondary N) is 1. The second kappa shape index (κ2) is 6.94. The molecular weight excluding hydrogens is 332 g/mol. The summed E-state index contributed by atoms with van der Waals surface area (Å²) in [5, 5.41) is 8.98. The lowest BCUT2D eigenvalue weighted by Gasteiger charge is -2.37. The fourth-order valence-electron chi connectivity index (χ4n) is 5.31. The number of fused-ring (bicyclic) bond motifs is 1. The Kier molecular flexibility index (Phi) is 4.75. The number of benzene rings is 1. The third-order valence-electron chi connectivity index (χ3n) is 7.05. The summed E-state index contributed by atoms with van der Waals surface area (Å²) in [6, 6.07) is 10.9. The number of nitrogens with zero attached hydrogens (tertiary/aromatic N) is 1. The summed E-state index contributed by atoms with van der Waals surface area (Å²) >= 11 is 0. The fraction of sp³-hybridized carbons (Fsp3) is 0.542. The van der Waals surface area contributed by atoms with E-state index < -0.39 is 0 Å². The maximum absolute atomic E-state index is 8.98. The quantitative estimate of drug-likeness (QED) is 0.768. The minimum atomic E-state index is -0.0733. The van der Waals surface area contributed by atoms with Gasteiger partial charge in [0.1, 0.15) is 11.5 Å². The van der Waals surface area contributed by atoms with Crippen LogP contribution in [0.15, 0.2) is 53.0 Å². The van der Waals surface area contributed by atoms with Gasteiger partial charge in [-0.3, -0.25) is 0 Å². The van der Waals surface area contributed by atoms with Crippen molar-refractivity contribution in [2.75, 3.05) is 19.6 Å². The van der Waals surface area contributed by atoms with Crippen molar-refractivity contribution in [3.05, 3.63) is 58.6 Å². The molecule has 1 aliphatic carbocycles. The van der Waals surface area contributed by atoms with Gasteiger partial charge >= 0.3 is 0 Å². The van der Waals surface area contributed by atoms with Crippen molar-refractivity contribution in [1.82, 2.24) is 4.90 Å². The third-order valence-corrected chi connectivity index (χ3v) is 7.05. The Labute approximate surface area is 163 Å². The predicted molar refractivity (Wildman–Crippen MR) is 111 cm³/mol. The van der Waals surface area contributed by atoms with Crippen molar-refractivity contribution in [2.24, 2.45) is 11.3 Å². The highest BCUT2D eigenvalue weighted by atomic mass is 16.5. The molecule has 2 atom stereocenters. The molecule has 3 nitrogen and oxygen atoms in total. The number of piperidine rings is 1. The molecule has 4 rings (SSSR count). The van der Waals surface area contributed by atoms with Gasteiger partial charge in [-0.25, -0.2) is 0 Å². The fourth-order valence-corrected chi connectivity index (χ4v) is 5.31. The summed E-state index contributed by atoms with van der Waals surface area (Å²) < 4.78 is 5.96. The lowest BCUT2D eigenvalue weighted by molar-refractivity contribution is 0.169. The monoisotopic (exact) mass is 364 g/mol. The van der Waals surface area contributed by atoms with E-state index >= 15 is 0 Å². The van der Waals surface area contributed by atoms with E-state index in [1.54, 1.807) is 0 Å². The van der Waals surface area contributed by atoms with Crippen LogP contribution < -0.4 is 0 Å². The summed E-state index contributed by atoms with van der Waals surface area (Å²) in [7, 11) is 0. The lowest BCUT2D eigenvalue weighted by atomic mass is 9.82. The average molecular weight is 365 g/mol. The van der Waals surface area contributed by atoms with E-state index in [1.807, 2.05) is 6.92 Å². The van der Waals surface area contributed by atoms with Crippen molar-refractivity contribution >= 4 is 5.71 Å². The van der Waals surface area contributed by atoms with Crippen molar-refractivity contribution in [2.45, 2.75) is 52.9 Å². The molecular formula is C24H32N2O. The molecule has 1 saturated carbocycles. The first-order valence-electron chi connectivity index (χ1n) is 10.3. The lowest BCUT2D eigenvalue weighted by Crippen LogP contribution is -2.43. The molecule has 2 heterocycles. The Morgan fingerprint density at radius 3 is 2.41 bits per heavy atom. The van der Waals surface area contributed by atoms with E-state index in [0.29, 0.717) is 5.92 Å². The summed E-state index contributed by atoms with van der Waals surface area (Å²) in [6.45, 7) is 11.8. The molecule has 3 aliphatic rings. The first-order valence-corrected chi connectivity index (χ1v) is 10.3. The highest BCUT2D eigenvalue weighted by Crippen LogP contribution is 2.50. The molecule has 2 fully saturated rings. The summed E-state index contributed by atoms with van der Waals surface area (Å²) in [4.78, 5) is 2.59. The molecule has 2 unspecified atom stereocenters. The molecule has 0 aromatic heterocycles. The van der Waals surface area contributed by atoms with Crippen LogP contribution >= 0.6 is 0 Å². The molecule has 1 saturated heterocycles. The molecule has 2 aliphatic heterocycles. The molecule has 0 bridgehead atoms. The SMILES string of the molecule is CC1=C(C)C2C(=N)C(C)(CN3CCC(c4ccccc4)CC3)CC2=C(C)O1. The number of rotatable bonds is 3. The predicted octanol–water partition coefficient (Wildman–Crippen LogP) is 5.51. The molecule has 3 heteroatoms. The zero-order chi connectivity index (χ0) is 19.2. The normalized spacial score (nSPS) is 29.9. The van der Waals surface area contributed by atoms with Crippen molar-refractivity contribution in [3.8, 4) is 0 Å². The minimum Gasteiger partial charge on any atom is -0.467 e. The van der Waals surface area contributed by atoms with Gasteiger partial charge < -0.3 is 15.0 Å². The Balaban J connectivity index is 1.45. The Bertz CT molecular complexity index is 799. The van der Waals surface area contributed by atoms with Crippen molar-refractivity contribution < 1.29 is 4.74 Å². The highest BCUT2D eigenvalue weighted by Gasteiger charge is 2.48. The van der Waals surface area contributed by atoms with E-state index in [2.05, 4.69) is 56.0 Å². The van der Waals surface area contributed by atoms with Crippen LogP contribution in [0, 0.1) is 16.7 Å². The van der Waals surface area contributed by atoms with Crippen LogP contribution in [0.5, 0.6) is 0 Å². The van der Waals surface area contributed by atoms with E-state index in [0.717, 1.165) is 43.3 Å². The van der Waals surface area contributed by atoms with Gasteiger partial charge in [0.05, 0.1) is 0 Å². The average Bonchev–Trinajstić information content (AvgIpc) is 2.93. The van der Waals surface area contributed by atoms with Crippen LogP contribution in [-0.4, -0.2) is 30.2 Å². The Morgan fingerprint density at radius 1 is 1.07 bits per heavy atom. The number of ether oxygens (including phenoxy) is 1. The molecule has 27 heavy (non-hydrogen) atoms. The molecule has 0 amide bonds. The molecule has 1 aromatic rings. The molecule has 1 N–H and O–H groups in total. The van der Waals surface area contributed by atoms with Crippen LogP contribution in [0.3, 0.4) is 0 Å². The first kappa shape index (κ1) is 18.5. The van der Waals surface area contributed by atoms with Crippen LogP contribution in [0.2, 0.25) is 0 Å². The zero-order valence-corrected chi connectivity index (χ0v) is 17.1. The number of allylic oxidation sites excluding steroid dienone is 4. The summed E-state index contributed by atoms with van der Waals surface area (Å²) in [6.07, 6.45) is 3.41. The van der Waals surface area contributed by atoms with Gasteiger partial charge in [-0.15, -0.1) is 0 Å². The molecule has 0 spiro atoms. The van der Waals surface area contributed by atoms with Gasteiger partial charge in [0.2, 0.25) is 0 Å². The number of likely N-dealkylation sites (tertiary alicyclic amines) is 1. The zero-order valence-electron chi connectivity index (χ0n) is 17.1. The van der Waals surface area contributed by atoms with Gasteiger partial charge in [-0.2, -0.15) is 0 Å². The maximum atomic E-state index is 8.98. The smallest absolute Gasteiger partial charge is 0.101 e. The molecule has 0 radical (unpaired) electrons. The Hall–Kier alpha value is -1.87. The first-order chi connectivity index (χ1) is 12.9. The van der Waals surface area contributed by atoms with E-state index in [9.17, 15) is 0 Å². The van der Waals surface area contributed by atoms with Gasteiger partial charge in [-0.05, 0) is 75.8 Å². The molecule has 1 aromatic carbocycles. The topological polar surface area (TPSA) is 36.3 Å². The second-order valence-electron chi connectivity index (χ2n) is 8.97. The third kappa shape index (κ3) is 3.27. The van der Waals surface area contributed by atoms with E-state index in [1.165, 1.54) is 29.6 Å². The van der Waals surface area contributed by atoms with Crippen LogP contribution in [0.1, 0.15) is 58.4 Å². The summed E-state index contributed by atoms with van der Waals surface area (Å²) in [5.74, 6) is 2.87. The molecule has 144 valence electrons. The van der Waals surface area contributed by atoms with Crippen molar-refractivity contribution in [3.63, 3.8) is 0 Å². The van der Waals surface area contributed by atoms with Gasteiger partial charge in [0.25, 0.3) is 0 Å². The second-order valence-corrected chi connectivity index (χ2v) is 8.97. The standard InChI is InChI=1S/C24H32N2O/c1-16-17(2)27-18(3)21-14-24(4,23(25)22(16)21)15-26-12-10-20(11-13-26)19-8-6-5-7-9-19/h5-9,20,22,25H,10-15H2,1-4H3. The highest BCUT2D eigenvalue weighted by molar-refractivity contribution is 5.97. The van der Waals surface area contributed by atoms with Crippen LogP contribution in [-0.2, 0) is 4.74 Å². The minimum absolute atomic E-state index is 0.0733. The largest absolute Gasteiger partial charge is 0.467 e. The maximum Gasteiger partial charge on any atom is 0.101 e. The van der Waals surface area contributed by atoms with Gasteiger partial charge in [-0.1, -0.05) is 37.3 Å².